The van der Waals surface area contributed by atoms with Gasteiger partial charge in [-0.3, -0.25) is 9.48 Å². The number of para-hydroxylation sites is 1. The molecule has 0 unspecified atom stereocenters. The van der Waals surface area contributed by atoms with Crippen LogP contribution in [-0.2, 0) is 6.54 Å². The van der Waals surface area contributed by atoms with Crippen LogP contribution in [0.4, 0.5) is 10.1 Å². The highest BCUT2D eigenvalue weighted by atomic mass is 19.1. The Kier molecular flexibility index (Phi) is 5.57. The molecule has 3 aromatic carbocycles. The van der Waals surface area contributed by atoms with Gasteiger partial charge in [-0.2, -0.15) is 5.10 Å². The van der Waals surface area contributed by atoms with Gasteiger partial charge >= 0.3 is 0 Å². The summed E-state index contributed by atoms with van der Waals surface area (Å²) < 4.78 is 20.7. The third-order valence-corrected chi connectivity index (χ3v) is 4.64. The van der Waals surface area contributed by atoms with Crippen molar-refractivity contribution >= 4 is 11.6 Å². The van der Waals surface area contributed by atoms with Crippen molar-refractivity contribution in [3.63, 3.8) is 0 Å². The molecule has 4 rings (SSSR count). The standard InChI is InChI=1S/C24H20FN3O2/c1-30-22-13-6-5-12-20(22)23-21(24(29)26-19-11-7-10-18(25)14-19)16-28(27-23)15-17-8-3-2-4-9-17/h2-14,16H,15H2,1H3,(H,26,29). The summed E-state index contributed by atoms with van der Waals surface area (Å²) in [7, 11) is 1.58. The van der Waals surface area contributed by atoms with Crippen LogP contribution in [0.25, 0.3) is 11.3 Å². The smallest absolute Gasteiger partial charge is 0.259 e. The van der Waals surface area contributed by atoms with Gasteiger partial charge in [0.1, 0.15) is 17.3 Å². The number of hydrogen-bond acceptors (Lipinski definition) is 3. The number of hydrogen-bond donors (Lipinski definition) is 1. The number of benzene rings is 3. The molecule has 1 amide bonds. The molecule has 30 heavy (non-hydrogen) atoms. The van der Waals surface area contributed by atoms with Crippen LogP contribution in [0.1, 0.15) is 15.9 Å². The first-order valence-electron chi connectivity index (χ1n) is 9.46. The summed E-state index contributed by atoms with van der Waals surface area (Å²) in [5.41, 5.74) is 3.01. The van der Waals surface area contributed by atoms with E-state index in [2.05, 4.69) is 10.4 Å². The van der Waals surface area contributed by atoms with Crippen LogP contribution in [-0.4, -0.2) is 22.8 Å². The minimum Gasteiger partial charge on any atom is -0.496 e. The minimum atomic E-state index is -0.419. The molecule has 0 bridgehead atoms. The number of amides is 1. The van der Waals surface area contributed by atoms with Crippen molar-refractivity contribution in [1.82, 2.24) is 9.78 Å². The molecule has 0 aliphatic rings. The van der Waals surface area contributed by atoms with Crippen LogP contribution in [0, 0.1) is 5.82 Å². The molecule has 150 valence electrons. The Balaban J connectivity index is 1.74. The molecule has 0 fully saturated rings. The summed E-state index contributed by atoms with van der Waals surface area (Å²) in [6.07, 6.45) is 1.70. The Morgan fingerprint density at radius 1 is 1.03 bits per heavy atom. The number of rotatable bonds is 6. The molecular weight excluding hydrogens is 381 g/mol. The fourth-order valence-electron chi connectivity index (χ4n) is 3.24. The first-order chi connectivity index (χ1) is 14.6. The minimum absolute atomic E-state index is 0.374. The van der Waals surface area contributed by atoms with Gasteiger partial charge in [0.05, 0.1) is 19.2 Å². The third-order valence-electron chi connectivity index (χ3n) is 4.64. The Morgan fingerprint density at radius 3 is 2.57 bits per heavy atom. The number of methoxy groups -OCH3 is 1. The zero-order valence-electron chi connectivity index (χ0n) is 16.4. The number of carbonyl (C=O) groups is 1. The molecule has 1 aromatic heterocycles. The molecule has 0 spiro atoms. The molecular formula is C24H20FN3O2. The maximum atomic E-state index is 13.5. The molecule has 6 heteroatoms. The van der Waals surface area contributed by atoms with Gasteiger partial charge in [-0.15, -0.1) is 0 Å². The third kappa shape index (κ3) is 4.22. The van der Waals surface area contributed by atoms with Gasteiger partial charge in [-0.25, -0.2) is 4.39 Å². The second kappa shape index (κ2) is 8.61. The molecule has 1 N–H and O–H groups in total. The predicted octanol–water partition coefficient (Wildman–Crippen LogP) is 5.00. The largest absolute Gasteiger partial charge is 0.496 e. The monoisotopic (exact) mass is 401 g/mol. The van der Waals surface area contributed by atoms with Crippen LogP contribution >= 0.6 is 0 Å². The van der Waals surface area contributed by atoms with Crippen molar-refractivity contribution in [2.45, 2.75) is 6.54 Å². The SMILES string of the molecule is COc1ccccc1-c1nn(Cc2ccccc2)cc1C(=O)Nc1cccc(F)c1. The van der Waals surface area contributed by atoms with E-state index in [1.807, 2.05) is 54.6 Å². The maximum Gasteiger partial charge on any atom is 0.259 e. The number of carbonyl (C=O) groups excluding carboxylic acids is 1. The Hall–Kier alpha value is -3.93. The summed E-state index contributed by atoms with van der Waals surface area (Å²) in [5, 5.41) is 7.42. The van der Waals surface area contributed by atoms with Crippen molar-refractivity contribution in [2.75, 3.05) is 12.4 Å². The Labute approximate surface area is 173 Å². The topological polar surface area (TPSA) is 56.2 Å². The van der Waals surface area contributed by atoms with E-state index in [-0.39, 0.29) is 5.91 Å². The summed E-state index contributed by atoms with van der Waals surface area (Å²) in [6.45, 7) is 0.510. The molecule has 0 radical (unpaired) electrons. The highest BCUT2D eigenvalue weighted by Crippen LogP contribution is 2.31. The van der Waals surface area contributed by atoms with Gasteiger partial charge in [-0.1, -0.05) is 48.5 Å². The van der Waals surface area contributed by atoms with Gasteiger partial charge in [0.2, 0.25) is 0 Å². The predicted molar refractivity (Wildman–Crippen MR) is 114 cm³/mol. The van der Waals surface area contributed by atoms with Gasteiger partial charge in [-0.05, 0) is 35.9 Å². The van der Waals surface area contributed by atoms with Crippen molar-refractivity contribution in [3.8, 4) is 17.0 Å². The molecule has 5 nitrogen and oxygen atoms in total. The average molecular weight is 401 g/mol. The van der Waals surface area contributed by atoms with E-state index < -0.39 is 5.82 Å². The second-order valence-electron chi connectivity index (χ2n) is 6.74. The number of anilines is 1. The summed E-state index contributed by atoms with van der Waals surface area (Å²) >= 11 is 0. The van der Waals surface area contributed by atoms with E-state index in [0.717, 1.165) is 5.56 Å². The molecule has 0 atom stereocenters. The lowest BCUT2D eigenvalue weighted by atomic mass is 10.1. The molecule has 0 saturated heterocycles. The Bertz CT molecular complexity index is 1170. The zero-order chi connectivity index (χ0) is 20.9. The molecule has 0 aliphatic heterocycles. The number of nitrogens with one attached hydrogen (secondary N) is 1. The van der Waals surface area contributed by atoms with Crippen molar-refractivity contribution < 1.29 is 13.9 Å². The molecule has 4 aromatic rings. The zero-order valence-corrected chi connectivity index (χ0v) is 16.4. The number of aromatic nitrogens is 2. The van der Waals surface area contributed by atoms with Crippen LogP contribution in [0.15, 0.2) is 85.1 Å². The van der Waals surface area contributed by atoms with Gasteiger partial charge < -0.3 is 10.1 Å². The van der Waals surface area contributed by atoms with Crippen molar-refractivity contribution in [2.24, 2.45) is 0 Å². The molecule has 1 heterocycles. The van der Waals surface area contributed by atoms with Crippen molar-refractivity contribution in [1.29, 1.82) is 0 Å². The van der Waals surface area contributed by atoms with E-state index in [4.69, 9.17) is 4.74 Å². The van der Waals surface area contributed by atoms with Gasteiger partial charge in [0, 0.05) is 17.4 Å². The lowest BCUT2D eigenvalue weighted by Gasteiger charge is -2.08. The quantitative estimate of drug-likeness (QED) is 0.495. The van der Waals surface area contributed by atoms with Crippen molar-refractivity contribution in [3.05, 3.63) is 102 Å². The van der Waals surface area contributed by atoms with E-state index in [1.54, 1.807) is 30.1 Å². The lowest BCUT2D eigenvalue weighted by Crippen LogP contribution is -2.12. The molecule has 0 saturated carbocycles. The van der Waals surface area contributed by atoms with Crippen LogP contribution in [0.3, 0.4) is 0 Å². The number of halogens is 1. The fraction of sp³-hybridized carbons (Fsp3) is 0.0833. The number of nitrogens with zero attached hydrogens (tertiary/aromatic N) is 2. The van der Waals surface area contributed by atoms with Crippen LogP contribution in [0.2, 0.25) is 0 Å². The first kappa shape index (κ1) is 19.4. The van der Waals surface area contributed by atoms with E-state index in [0.29, 0.717) is 34.8 Å². The highest BCUT2D eigenvalue weighted by molar-refractivity contribution is 6.08. The van der Waals surface area contributed by atoms with Crippen LogP contribution in [0.5, 0.6) is 5.75 Å². The van der Waals surface area contributed by atoms with Gasteiger partial charge in [0.15, 0.2) is 0 Å². The summed E-state index contributed by atoms with van der Waals surface area (Å²) in [4.78, 5) is 13.1. The Morgan fingerprint density at radius 2 is 1.80 bits per heavy atom. The fourth-order valence-corrected chi connectivity index (χ4v) is 3.24. The lowest BCUT2D eigenvalue weighted by molar-refractivity contribution is 0.102. The maximum absolute atomic E-state index is 13.5. The van der Waals surface area contributed by atoms with E-state index in [9.17, 15) is 9.18 Å². The van der Waals surface area contributed by atoms with E-state index in [1.165, 1.54) is 12.1 Å². The highest BCUT2D eigenvalue weighted by Gasteiger charge is 2.21. The average Bonchev–Trinajstić information content (AvgIpc) is 3.18. The summed E-state index contributed by atoms with van der Waals surface area (Å²) in [6, 6.07) is 23.0. The van der Waals surface area contributed by atoms with E-state index >= 15 is 0 Å². The first-order valence-corrected chi connectivity index (χ1v) is 9.46. The number of ether oxygens (including phenoxy) is 1. The van der Waals surface area contributed by atoms with Crippen LogP contribution < -0.4 is 10.1 Å². The normalized spacial score (nSPS) is 10.6. The van der Waals surface area contributed by atoms with Gasteiger partial charge in [0.25, 0.3) is 5.91 Å². The summed E-state index contributed by atoms with van der Waals surface area (Å²) in [5.74, 6) is -0.180. The molecule has 0 aliphatic carbocycles. The second-order valence-corrected chi connectivity index (χ2v) is 6.74.